The first kappa shape index (κ1) is 18.7. The van der Waals surface area contributed by atoms with Crippen LogP contribution in [-0.4, -0.2) is 33.0 Å². The number of fused-ring (bicyclic) bond motifs is 1. The molecule has 144 valence electrons. The second-order valence-electron chi connectivity index (χ2n) is 8.35. The van der Waals surface area contributed by atoms with Crippen LogP contribution >= 0.6 is 0 Å². The van der Waals surface area contributed by atoms with E-state index >= 15 is 0 Å². The summed E-state index contributed by atoms with van der Waals surface area (Å²) in [7, 11) is -3.49. The summed E-state index contributed by atoms with van der Waals surface area (Å²) in [4.78, 5) is 2.59. The molecule has 1 aliphatic heterocycles. The molecule has 27 heavy (non-hydrogen) atoms. The monoisotopic (exact) mass is 384 g/mol. The van der Waals surface area contributed by atoms with Crippen LogP contribution in [0.4, 0.5) is 0 Å². The van der Waals surface area contributed by atoms with Crippen LogP contribution in [-0.2, 0) is 27.6 Å². The number of hydrogen-bond donors (Lipinski definition) is 1. The van der Waals surface area contributed by atoms with Crippen LogP contribution in [0, 0.1) is 11.8 Å². The third-order valence-corrected chi connectivity index (χ3v) is 7.26. The van der Waals surface area contributed by atoms with E-state index in [1.54, 1.807) is 0 Å². The van der Waals surface area contributed by atoms with Crippen molar-refractivity contribution in [1.82, 2.24) is 4.90 Å². The van der Waals surface area contributed by atoms with Gasteiger partial charge in [-0.2, -0.15) is 0 Å². The number of piperidine rings is 1. The summed E-state index contributed by atoms with van der Waals surface area (Å²) in [6.07, 6.45) is 2.34. The molecular weight excluding hydrogens is 356 g/mol. The zero-order valence-corrected chi connectivity index (χ0v) is 16.7. The molecule has 0 amide bonds. The average Bonchev–Trinajstić information content (AvgIpc) is 2.98. The Morgan fingerprint density at radius 3 is 2.37 bits per heavy atom. The number of benzene rings is 2. The molecule has 2 aromatic rings. The number of likely N-dealkylation sites (tertiary alicyclic amines) is 1. The van der Waals surface area contributed by atoms with Gasteiger partial charge in [0.1, 0.15) is 0 Å². The smallest absolute Gasteiger partial charge is 0.213 e. The van der Waals surface area contributed by atoms with Gasteiger partial charge >= 0.3 is 0 Å². The molecule has 1 saturated heterocycles. The molecule has 2 aromatic carbocycles. The van der Waals surface area contributed by atoms with Gasteiger partial charge < -0.3 is 4.90 Å². The van der Waals surface area contributed by atoms with Crippen LogP contribution in [0.2, 0.25) is 0 Å². The lowest BCUT2D eigenvalue weighted by atomic mass is 9.91. The number of nitrogens with zero attached hydrogens (tertiary/aromatic N) is 1. The highest BCUT2D eigenvalue weighted by atomic mass is 32.2. The van der Waals surface area contributed by atoms with Crippen molar-refractivity contribution >= 4 is 10.0 Å². The molecule has 2 unspecified atom stereocenters. The Morgan fingerprint density at radius 2 is 1.70 bits per heavy atom. The van der Waals surface area contributed by atoms with E-state index in [0.717, 1.165) is 31.6 Å². The maximum absolute atomic E-state index is 11.4. The third kappa shape index (κ3) is 3.96. The number of aryl methyl sites for hydroxylation is 1. The lowest BCUT2D eigenvalue weighted by molar-refractivity contribution is 0.274. The molecule has 1 heterocycles. The van der Waals surface area contributed by atoms with E-state index in [-0.39, 0.29) is 11.2 Å². The lowest BCUT2D eigenvalue weighted by Crippen LogP contribution is -2.30. The Morgan fingerprint density at radius 1 is 1.04 bits per heavy atom. The van der Waals surface area contributed by atoms with Gasteiger partial charge in [-0.3, -0.25) is 0 Å². The highest BCUT2D eigenvalue weighted by Gasteiger charge is 2.65. The van der Waals surface area contributed by atoms with Crippen LogP contribution in [0.3, 0.4) is 0 Å². The van der Waals surface area contributed by atoms with Gasteiger partial charge in [-0.1, -0.05) is 61.5 Å². The van der Waals surface area contributed by atoms with Crippen LogP contribution < -0.4 is 5.14 Å². The summed E-state index contributed by atoms with van der Waals surface area (Å²) < 4.78 is 22.8. The Kier molecular flexibility index (Phi) is 4.87. The fourth-order valence-electron chi connectivity index (χ4n) is 4.95. The molecule has 2 fully saturated rings. The van der Waals surface area contributed by atoms with Crippen molar-refractivity contribution in [2.24, 2.45) is 17.0 Å². The molecule has 1 saturated carbocycles. The highest BCUT2D eigenvalue weighted by Crippen LogP contribution is 2.63. The third-order valence-electron chi connectivity index (χ3n) is 6.53. The van der Waals surface area contributed by atoms with Crippen LogP contribution in [0.15, 0.2) is 54.6 Å². The molecule has 4 rings (SSSR count). The summed E-state index contributed by atoms with van der Waals surface area (Å²) in [6.45, 7) is 5.79. The molecule has 2 atom stereocenters. The van der Waals surface area contributed by atoms with Crippen LogP contribution in [0.1, 0.15) is 30.0 Å². The van der Waals surface area contributed by atoms with Crippen molar-refractivity contribution in [1.29, 1.82) is 0 Å². The molecule has 4 nitrogen and oxygen atoms in total. The van der Waals surface area contributed by atoms with Crippen molar-refractivity contribution in [3.8, 4) is 0 Å². The Hall–Kier alpha value is -1.69. The summed E-state index contributed by atoms with van der Waals surface area (Å²) in [5.74, 6) is 1.27. The molecule has 0 bridgehead atoms. The number of sulfonamides is 1. The minimum Gasteiger partial charge on any atom is -0.303 e. The molecule has 0 radical (unpaired) electrons. The maximum atomic E-state index is 11.4. The van der Waals surface area contributed by atoms with E-state index in [4.69, 9.17) is 5.14 Å². The molecule has 0 spiro atoms. The lowest BCUT2D eigenvalue weighted by Gasteiger charge is -2.24. The SMILES string of the molecule is CC1(c2cccc(CS(N)(=O)=O)c2)C2CN(CCCc3ccccc3)CC21. The molecule has 0 aromatic heterocycles. The van der Waals surface area contributed by atoms with E-state index in [1.807, 2.05) is 18.2 Å². The van der Waals surface area contributed by atoms with Gasteiger partial charge in [0, 0.05) is 18.5 Å². The van der Waals surface area contributed by atoms with Crippen molar-refractivity contribution in [2.75, 3.05) is 19.6 Å². The Balaban J connectivity index is 1.33. The molecule has 2 N–H and O–H groups in total. The fourth-order valence-corrected chi connectivity index (χ4v) is 5.60. The van der Waals surface area contributed by atoms with Crippen LogP contribution in [0.5, 0.6) is 0 Å². The predicted octanol–water partition coefficient (Wildman–Crippen LogP) is 2.93. The first-order valence-corrected chi connectivity index (χ1v) is 11.4. The molecule has 5 heteroatoms. The summed E-state index contributed by atoms with van der Waals surface area (Å²) in [5.41, 5.74) is 3.66. The summed E-state index contributed by atoms with van der Waals surface area (Å²) in [6, 6.07) is 18.7. The molecule has 1 aliphatic carbocycles. The second-order valence-corrected chi connectivity index (χ2v) is 9.97. The van der Waals surface area contributed by atoms with Gasteiger partial charge in [0.25, 0.3) is 0 Å². The highest BCUT2D eigenvalue weighted by molar-refractivity contribution is 7.88. The van der Waals surface area contributed by atoms with E-state index in [9.17, 15) is 8.42 Å². The summed E-state index contributed by atoms with van der Waals surface area (Å²) >= 11 is 0. The molecule has 2 aliphatic rings. The minimum absolute atomic E-state index is 0.0855. The van der Waals surface area contributed by atoms with Gasteiger partial charge in [-0.25, -0.2) is 13.6 Å². The normalized spacial score (nSPS) is 27.5. The fraction of sp³-hybridized carbons (Fsp3) is 0.455. The predicted molar refractivity (Wildman–Crippen MR) is 109 cm³/mol. The zero-order chi connectivity index (χ0) is 19.1. The Bertz CT molecular complexity index is 899. The zero-order valence-electron chi connectivity index (χ0n) is 15.8. The first-order valence-electron chi connectivity index (χ1n) is 9.72. The summed E-state index contributed by atoms with van der Waals surface area (Å²) in [5, 5.41) is 5.21. The van der Waals surface area contributed by atoms with Crippen molar-refractivity contribution in [2.45, 2.75) is 30.9 Å². The van der Waals surface area contributed by atoms with E-state index in [0.29, 0.717) is 11.8 Å². The largest absolute Gasteiger partial charge is 0.303 e. The van der Waals surface area contributed by atoms with Crippen molar-refractivity contribution in [3.05, 3.63) is 71.3 Å². The quantitative estimate of drug-likeness (QED) is 0.798. The van der Waals surface area contributed by atoms with Gasteiger partial charge in [0.2, 0.25) is 10.0 Å². The van der Waals surface area contributed by atoms with Crippen molar-refractivity contribution < 1.29 is 8.42 Å². The average molecular weight is 385 g/mol. The van der Waals surface area contributed by atoms with Crippen molar-refractivity contribution in [3.63, 3.8) is 0 Å². The Labute approximate surface area is 162 Å². The van der Waals surface area contributed by atoms with Gasteiger partial charge in [-0.15, -0.1) is 0 Å². The first-order chi connectivity index (χ1) is 12.9. The number of rotatable bonds is 7. The van der Waals surface area contributed by atoms with E-state index in [2.05, 4.69) is 48.2 Å². The second kappa shape index (κ2) is 7.04. The van der Waals surface area contributed by atoms with Gasteiger partial charge in [0.05, 0.1) is 5.75 Å². The number of primary sulfonamides is 1. The molecular formula is C22H28N2O2S. The maximum Gasteiger partial charge on any atom is 0.213 e. The topological polar surface area (TPSA) is 63.4 Å². The minimum atomic E-state index is -3.49. The van der Waals surface area contributed by atoms with E-state index in [1.165, 1.54) is 17.5 Å². The van der Waals surface area contributed by atoms with Gasteiger partial charge in [-0.05, 0) is 47.9 Å². The van der Waals surface area contributed by atoms with Gasteiger partial charge in [0.15, 0.2) is 0 Å². The number of nitrogens with two attached hydrogens (primary N) is 1. The van der Waals surface area contributed by atoms with E-state index < -0.39 is 10.0 Å². The number of hydrogen-bond acceptors (Lipinski definition) is 3. The standard InChI is InChI=1S/C22H28N2O2S/c1-22(19-11-5-9-18(13-19)16-27(23,25)26)20-14-24(15-21(20)22)12-6-10-17-7-3-2-4-8-17/h2-5,7-9,11,13,20-21H,6,10,12,14-16H2,1H3,(H2,23,25,26). The van der Waals surface area contributed by atoms with Crippen LogP contribution in [0.25, 0.3) is 0 Å².